The predicted molar refractivity (Wildman–Crippen MR) is 75.7 cm³/mol. The summed E-state index contributed by atoms with van der Waals surface area (Å²) in [6, 6.07) is 5.40. The van der Waals surface area contributed by atoms with Gasteiger partial charge in [0, 0.05) is 31.4 Å². The summed E-state index contributed by atoms with van der Waals surface area (Å²) in [6.07, 6.45) is -1.09. The number of fused-ring (bicyclic) bond motifs is 1. The molecule has 0 spiro atoms. The molecule has 0 aromatic heterocycles. The van der Waals surface area contributed by atoms with Gasteiger partial charge in [0.05, 0.1) is 17.2 Å². The quantitative estimate of drug-likeness (QED) is 0.785. The minimum atomic E-state index is -2.91. The predicted octanol–water partition coefficient (Wildman–Crippen LogP) is -0.0688. The first kappa shape index (κ1) is 13.4. The number of hydrogen-bond donors (Lipinski definition) is 1. The van der Waals surface area contributed by atoms with Crippen molar-refractivity contribution in [2.45, 2.75) is 6.10 Å². The summed E-state index contributed by atoms with van der Waals surface area (Å²) < 4.78 is 22.9. The van der Waals surface area contributed by atoms with Crippen LogP contribution in [0.5, 0.6) is 0 Å². The van der Waals surface area contributed by atoms with Crippen LogP contribution in [0.2, 0.25) is 0 Å². The molecule has 0 radical (unpaired) electrons. The summed E-state index contributed by atoms with van der Waals surface area (Å²) in [7, 11) is -1.28. The van der Waals surface area contributed by atoms with Crippen molar-refractivity contribution in [3.05, 3.63) is 23.8 Å². The van der Waals surface area contributed by atoms with Crippen LogP contribution in [0.3, 0.4) is 0 Å². The molecule has 1 unspecified atom stereocenters. The second-order valence-corrected chi connectivity index (χ2v) is 7.49. The van der Waals surface area contributed by atoms with Gasteiger partial charge in [0.1, 0.15) is 0 Å². The van der Waals surface area contributed by atoms with Gasteiger partial charge in [-0.05, 0) is 12.1 Å². The second kappa shape index (κ2) is 4.46. The molecular weight excluding hydrogens is 280 g/mol. The van der Waals surface area contributed by atoms with Crippen molar-refractivity contribution in [3.8, 4) is 0 Å². The Morgan fingerprint density at radius 2 is 1.90 bits per heavy atom. The summed E-state index contributed by atoms with van der Waals surface area (Å²) in [5.41, 5.74) is 2.17. The Kier molecular flexibility index (Phi) is 2.98. The Labute approximate surface area is 117 Å². The zero-order valence-corrected chi connectivity index (χ0v) is 11.9. The van der Waals surface area contributed by atoms with Crippen LogP contribution in [-0.4, -0.2) is 51.1 Å². The number of aliphatic hydroxyl groups is 1. The van der Waals surface area contributed by atoms with Crippen LogP contribution in [0.4, 0.5) is 11.4 Å². The molecule has 6 nitrogen and oxygen atoms in total. The third kappa shape index (κ3) is 2.06. The molecular formula is C13H16N2O4S. The maximum atomic E-state index is 11.7. The van der Waals surface area contributed by atoms with Crippen LogP contribution in [0.25, 0.3) is 0 Å². The number of carbonyl (C=O) groups excluding carboxylic acids is 1. The monoisotopic (exact) mass is 296 g/mol. The van der Waals surface area contributed by atoms with Crippen molar-refractivity contribution < 1.29 is 18.3 Å². The average Bonchev–Trinajstić information content (AvgIpc) is 2.64. The summed E-state index contributed by atoms with van der Waals surface area (Å²) in [4.78, 5) is 15.1. The molecule has 108 valence electrons. The maximum absolute atomic E-state index is 11.7. The lowest BCUT2D eigenvalue weighted by Crippen LogP contribution is -2.40. The summed E-state index contributed by atoms with van der Waals surface area (Å²) >= 11 is 0. The highest BCUT2D eigenvalue weighted by Crippen LogP contribution is 2.37. The highest BCUT2D eigenvalue weighted by Gasteiger charge is 2.34. The van der Waals surface area contributed by atoms with E-state index in [1.807, 2.05) is 17.0 Å². The first-order valence-corrected chi connectivity index (χ1v) is 8.26. The number of sulfone groups is 1. The van der Waals surface area contributed by atoms with E-state index in [0.29, 0.717) is 24.3 Å². The highest BCUT2D eigenvalue weighted by molar-refractivity contribution is 7.91. The lowest BCUT2D eigenvalue weighted by atomic mass is 10.1. The lowest BCUT2D eigenvalue weighted by Gasteiger charge is -2.29. The molecule has 1 N–H and O–H groups in total. The Balaban J connectivity index is 1.89. The zero-order chi connectivity index (χ0) is 14.5. The van der Waals surface area contributed by atoms with E-state index >= 15 is 0 Å². The third-order valence-electron chi connectivity index (χ3n) is 3.94. The number of rotatable bonds is 1. The molecule has 0 saturated carbocycles. The number of aliphatic hydroxyl groups excluding tert-OH is 1. The van der Waals surface area contributed by atoms with Crippen LogP contribution in [0.15, 0.2) is 18.2 Å². The standard InChI is InChI=1S/C13H16N2O4S/c1-14-11-8-9(2-3-10(11)12(16)13(14)17)15-4-6-20(18,19)7-5-15/h2-3,8,12,16H,4-7H2,1H3. The third-order valence-corrected chi connectivity index (χ3v) is 5.55. The van der Waals surface area contributed by atoms with Crippen LogP contribution >= 0.6 is 0 Å². The van der Waals surface area contributed by atoms with Crippen LogP contribution < -0.4 is 9.80 Å². The summed E-state index contributed by atoms with van der Waals surface area (Å²) in [5.74, 6) is -0.0263. The molecule has 20 heavy (non-hydrogen) atoms. The molecule has 2 aliphatic rings. The Bertz CT molecular complexity index is 657. The lowest BCUT2D eigenvalue weighted by molar-refractivity contribution is -0.125. The fraction of sp³-hybridized carbons (Fsp3) is 0.462. The molecule has 1 saturated heterocycles. The zero-order valence-electron chi connectivity index (χ0n) is 11.1. The summed E-state index contributed by atoms with van der Waals surface area (Å²) in [6.45, 7) is 0.919. The molecule has 1 aromatic rings. The fourth-order valence-corrected chi connectivity index (χ4v) is 3.86. The highest BCUT2D eigenvalue weighted by atomic mass is 32.2. The number of amides is 1. The Morgan fingerprint density at radius 3 is 2.55 bits per heavy atom. The molecule has 1 atom stereocenters. The molecule has 0 aliphatic carbocycles. The number of carbonyl (C=O) groups is 1. The van der Waals surface area contributed by atoms with Crippen molar-refractivity contribution in [1.29, 1.82) is 0 Å². The van der Waals surface area contributed by atoms with Crippen molar-refractivity contribution >= 4 is 27.1 Å². The van der Waals surface area contributed by atoms with Crippen LogP contribution in [0.1, 0.15) is 11.7 Å². The smallest absolute Gasteiger partial charge is 0.260 e. The number of anilines is 2. The minimum Gasteiger partial charge on any atom is -0.378 e. The van der Waals surface area contributed by atoms with E-state index in [9.17, 15) is 18.3 Å². The maximum Gasteiger partial charge on any atom is 0.260 e. The molecule has 1 fully saturated rings. The summed E-state index contributed by atoms with van der Waals surface area (Å²) in [5, 5.41) is 9.81. The first-order chi connectivity index (χ1) is 9.39. The Morgan fingerprint density at radius 1 is 1.25 bits per heavy atom. The van der Waals surface area contributed by atoms with Crippen LogP contribution in [-0.2, 0) is 14.6 Å². The van der Waals surface area contributed by atoms with Gasteiger partial charge in [-0.25, -0.2) is 8.42 Å². The van der Waals surface area contributed by atoms with E-state index in [1.54, 1.807) is 13.1 Å². The number of hydrogen-bond acceptors (Lipinski definition) is 5. The van der Waals surface area contributed by atoms with Gasteiger partial charge in [0.15, 0.2) is 15.9 Å². The average molecular weight is 296 g/mol. The minimum absolute atomic E-state index is 0.154. The van der Waals surface area contributed by atoms with E-state index in [0.717, 1.165) is 5.69 Å². The van der Waals surface area contributed by atoms with Gasteiger partial charge in [-0.15, -0.1) is 0 Å². The number of likely N-dealkylation sites (N-methyl/N-ethyl adjacent to an activating group) is 1. The first-order valence-electron chi connectivity index (χ1n) is 6.44. The van der Waals surface area contributed by atoms with E-state index in [-0.39, 0.29) is 17.4 Å². The van der Waals surface area contributed by atoms with E-state index in [4.69, 9.17) is 0 Å². The second-order valence-electron chi connectivity index (χ2n) is 5.18. The van der Waals surface area contributed by atoms with Gasteiger partial charge in [-0.2, -0.15) is 0 Å². The normalized spacial score (nSPS) is 24.9. The van der Waals surface area contributed by atoms with E-state index < -0.39 is 15.9 Å². The van der Waals surface area contributed by atoms with Gasteiger partial charge in [-0.1, -0.05) is 6.07 Å². The molecule has 1 amide bonds. The Hall–Kier alpha value is -1.60. The largest absolute Gasteiger partial charge is 0.378 e. The van der Waals surface area contributed by atoms with Crippen molar-refractivity contribution in [2.75, 3.05) is 41.4 Å². The van der Waals surface area contributed by atoms with Crippen molar-refractivity contribution in [3.63, 3.8) is 0 Å². The number of nitrogens with zero attached hydrogens (tertiary/aromatic N) is 2. The van der Waals surface area contributed by atoms with E-state index in [2.05, 4.69) is 0 Å². The van der Waals surface area contributed by atoms with Gasteiger partial charge >= 0.3 is 0 Å². The molecule has 7 heteroatoms. The topological polar surface area (TPSA) is 77.9 Å². The SMILES string of the molecule is CN1C(=O)C(O)c2ccc(N3CCS(=O)(=O)CC3)cc21. The molecule has 2 aliphatic heterocycles. The van der Waals surface area contributed by atoms with E-state index in [1.165, 1.54) is 4.90 Å². The van der Waals surface area contributed by atoms with Gasteiger partial charge in [-0.3, -0.25) is 4.79 Å². The molecule has 1 aromatic carbocycles. The van der Waals surface area contributed by atoms with Crippen molar-refractivity contribution in [1.82, 2.24) is 0 Å². The van der Waals surface area contributed by atoms with Gasteiger partial charge in [0.2, 0.25) is 0 Å². The van der Waals surface area contributed by atoms with Gasteiger partial charge in [0.25, 0.3) is 5.91 Å². The molecule has 2 heterocycles. The number of benzene rings is 1. The fourth-order valence-electron chi connectivity index (χ4n) is 2.66. The van der Waals surface area contributed by atoms with Crippen LogP contribution in [0, 0.1) is 0 Å². The van der Waals surface area contributed by atoms with Crippen molar-refractivity contribution in [2.24, 2.45) is 0 Å². The van der Waals surface area contributed by atoms with Gasteiger partial charge < -0.3 is 14.9 Å². The molecule has 0 bridgehead atoms. The molecule has 3 rings (SSSR count).